The van der Waals surface area contributed by atoms with E-state index in [0.717, 1.165) is 25.0 Å². The number of carbonyl (C=O) groups excluding carboxylic acids is 1. The summed E-state index contributed by atoms with van der Waals surface area (Å²) in [4.78, 5) is 11.8. The molecule has 2 nitrogen and oxygen atoms in total. The van der Waals surface area contributed by atoms with Gasteiger partial charge >= 0.3 is 0 Å². The maximum atomic E-state index is 11.8. The van der Waals surface area contributed by atoms with Gasteiger partial charge in [-0.2, -0.15) is 0 Å². The highest BCUT2D eigenvalue weighted by Gasteiger charge is 2.12. The predicted octanol–water partition coefficient (Wildman–Crippen LogP) is 5.30. The molecule has 1 aliphatic rings. The molecule has 1 rings (SSSR count). The average molecular weight is 291 g/mol. The molecule has 0 aliphatic heterocycles. The van der Waals surface area contributed by atoms with Gasteiger partial charge < -0.3 is 5.32 Å². The van der Waals surface area contributed by atoms with E-state index in [4.69, 9.17) is 0 Å². The van der Waals surface area contributed by atoms with E-state index in [1.165, 1.54) is 63.4 Å². The van der Waals surface area contributed by atoms with Crippen LogP contribution >= 0.6 is 0 Å². The fourth-order valence-corrected chi connectivity index (χ4v) is 2.74. The first-order chi connectivity index (χ1) is 10.2. The zero-order chi connectivity index (χ0) is 15.3. The van der Waals surface area contributed by atoms with Crippen LogP contribution in [0.5, 0.6) is 0 Å². The summed E-state index contributed by atoms with van der Waals surface area (Å²) in [5, 5.41) is 3.03. The van der Waals surface area contributed by atoms with E-state index >= 15 is 0 Å². The van der Waals surface area contributed by atoms with Gasteiger partial charge in [0.25, 0.3) is 0 Å². The van der Waals surface area contributed by atoms with Gasteiger partial charge in [0.2, 0.25) is 5.91 Å². The number of amides is 1. The predicted molar refractivity (Wildman–Crippen MR) is 91.3 cm³/mol. The molecule has 1 aliphatic carbocycles. The third-order valence-corrected chi connectivity index (χ3v) is 4.15. The smallest absolute Gasteiger partial charge is 0.247 e. The first-order valence-corrected chi connectivity index (χ1v) is 8.88. The Kier molecular flexibility index (Phi) is 9.94. The van der Waals surface area contributed by atoms with Crippen molar-refractivity contribution in [1.29, 1.82) is 0 Å². The number of nitrogens with one attached hydrogen (secondary N) is 1. The van der Waals surface area contributed by atoms with Crippen LogP contribution in [0.4, 0.5) is 0 Å². The van der Waals surface area contributed by atoms with Gasteiger partial charge in [0.1, 0.15) is 0 Å². The van der Waals surface area contributed by atoms with Crippen molar-refractivity contribution in [2.24, 2.45) is 0 Å². The van der Waals surface area contributed by atoms with Crippen LogP contribution in [0, 0.1) is 0 Å². The summed E-state index contributed by atoms with van der Waals surface area (Å²) in [5.41, 5.74) is 2.19. The molecule has 0 aromatic rings. The molecule has 0 spiro atoms. The fourth-order valence-electron chi connectivity index (χ4n) is 2.74. The molecule has 0 heterocycles. The monoisotopic (exact) mass is 291 g/mol. The molecule has 120 valence electrons. The molecular weight excluding hydrogens is 258 g/mol. The van der Waals surface area contributed by atoms with E-state index in [1.54, 1.807) is 0 Å². The van der Waals surface area contributed by atoms with Crippen LogP contribution in [0.2, 0.25) is 0 Å². The minimum Gasteiger partial charge on any atom is -0.352 e. The van der Waals surface area contributed by atoms with Crippen molar-refractivity contribution in [1.82, 2.24) is 5.32 Å². The van der Waals surface area contributed by atoms with E-state index < -0.39 is 0 Å². The lowest BCUT2D eigenvalue weighted by Crippen LogP contribution is -2.25. The lowest BCUT2D eigenvalue weighted by Gasteiger charge is -2.06. The Balaban J connectivity index is 1.84. The second kappa shape index (κ2) is 11.6. The largest absolute Gasteiger partial charge is 0.352 e. The molecule has 1 amide bonds. The van der Waals surface area contributed by atoms with Crippen LogP contribution < -0.4 is 5.32 Å². The van der Waals surface area contributed by atoms with Crippen LogP contribution in [0.15, 0.2) is 23.3 Å². The Morgan fingerprint density at radius 3 is 2.05 bits per heavy atom. The minimum absolute atomic E-state index is 0.124. The number of rotatable bonds is 12. The fraction of sp³-hybridized carbons (Fsp3) is 0.737. The molecule has 0 saturated carbocycles. The topological polar surface area (TPSA) is 29.1 Å². The van der Waals surface area contributed by atoms with Crippen molar-refractivity contribution in [3.63, 3.8) is 0 Å². The molecule has 0 unspecified atom stereocenters. The summed E-state index contributed by atoms with van der Waals surface area (Å²) in [6, 6.07) is 0. The van der Waals surface area contributed by atoms with Gasteiger partial charge in [0, 0.05) is 12.1 Å². The zero-order valence-electron chi connectivity index (χ0n) is 14.0. The average Bonchev–Trinajstić information content (AvgIpc) is 2.91. The van der Waals surface area contributed by atoms with E-state index in [9.17, 15) is 4.79 Å². The van der Waals surface area contributed by atoms with Crippen molar-refractivity contribution >= 4 is 5.91 Å². The summed E-state index contributed by atoms with van der Waals surface area (Å²) in [6.07, 6.45) is 18.2. The number of carbonyl (C=O) groups is 1. The number of allylic oxidation sites excluding steroid dienone is 3. The maximum Gasteiger partial charge on any atom is 0.247 e. The highest BCUT2D eigenvalue weighted by Crippen LogP contribution is 2.17. The Hall–Kier alpha value is -1.05. The molecule has 0 bridgehead atoms. The van der Waals surface area contributed by atoms with Crippen molar-refractivity contribution in [3.8, 4) is 0 Å². The molecule has 0 fully saturated rings. The highest BCUT2D eigenvalue weighted by molar-refractivity contribution is 5.94. The number of hydrogen-bond acceptors (Lipinski definition) is 1. The Morgan fingerprint density at radius 2 is 1.52 bits per heavy atom. The van der Waals surface area contributed by atoms with Gasteiger partial charge in [0.15, 0.2) is 0 Å². The molecule has 0 aromatic carbocycles. The zero-order valence-corrected chi connectivity index (χ0v) is 14.0. The molecule has 2 heteroatoms. The van der Waals surface area contributed by atoms with Gasteiger partial charge in [-0.15, -0.1) is 0 Å². The first-order valence-electron chi connectivity index (χ1n) is 8.88. The summed E-state index contributed by atoms with van der Waals surface area (Å²) in [6.45, 7) is 5.16. The third kappa shape index (κ3) is 8.75. The quantitative estimate of drug-likeness (QED) is 0.486. The Bertz CT molecular complexity index is 355. The summed E-state index contributed by atoms with van der Waals surface area (Å²) < 4.78 is 0. The van der Waals surface area contributed by atoms with E-state index in [1.807, 2.05) is 12.2 Å². The second-order valence-electron chi connectivity index (χ2n) is 6.32. The minimum atomic E-state index is 0.124. The Labute approximate surface area is 131 Å². The van der Waals surface area contributed by atoms with Gasteiger partial charge in [-0.05, 0) is 19.8 Å². The van der Waals surface area contributed by atoms with Gasteiger partial charge in [-0.3, -0.25) is 4.79 Å². The van der Waals surface area contributed by atoms with Crippen LogP contribution in [0.25, 0.3) is 0 Å². The van der Waals surface area contributed by atoms with Crippen molar-refractivity contribution in [3.05, 3.63) is 23.3 Å². The standard InChI is InChI=1S/C19H33NO/c1-3-4-5-6-7-8-9-10-11-12-15-20-19(21)18-14-13-17(2)16-18/h13-14H,3-12,15-16H2,1-2H3,(H,20,21). The van der Waals surface area contributed by atoms with Crippen LogP contribution in [0.1, 0.15) is 84.5 Å². The van der Waals surface area contributed by atoms with Crippen LogP contribution in [-0.4, -0.2) is 12.5 Å². The van der Waals surface area contributed by atoms with E-state index in [0.29, 0.717) is 0 Å². The van der Waals surface area contributed by atoms with Gasteiger partial charge in [0.05, 0.1) is 0 Å². The summed E-state index contributed by atoms with van der Waals surface area (Å²) in [7, 11) is 0. The van der Waals surface area contributed by atoms with Crippen molar-refractivity contribution < 1.29 is 4.79 Å². The summed E-state index contributed by atoms with van der Waals surface area (Å²) >= 11 is 0. The van der Waals surface area contributed by atoms with Crippen molar-refractivity contribution in [2.75, 3.05) is 6.54 Å². The molecule has 0 atom stereocenters. The molecule has 0 radical (unpaired) electrons. The normalized spacial score (nSPS) is 14.0. The number of unbranched alkanes of at least 4 members (excludes halogenated alkanes) is 9. The lowest BCUT2D eigenvalue weighted by molar-refractivity contribution is -0.117. The SMILES string of the molecule is CCCCCCCCCCCCNC(=O)C1=CC=C(C)C1. The van der Waals surface area contributed by atoms with E-state index in [-0.39, 0.29) is 5.91 Å². The summed E-state index contributed by atoms with van der Waals surface area (Å²) in [5.74, 6) is 0.124. The third-order valence-electron chi connectivity index (χ3n) is 4.15. The van der Waals surface area contributed by atoms with Gasteiger partial charge in [-0.25, -0.2) is 0 Å². The van der Waals surface area contributed by atoms with Crippen molar-refractivity contribution in [2.45, 2.75) is 84.5 Å². The van der Waals surface area contributed by atoms with E-state index in [2.05, 4.69) is 19.2 Å². The highest BCUT2D eigenvalue weighted by atomic mass is 16.1. The lowest BCUT2D eigenvalue weighted by atomic mass is 10.1. The second-order valence-corrected chi connectivity index (χ2v) is 6.32. The van der Waals surface area contributed by atoms with Crippen LogP contribution in [-0.2, 0) is 4.79 Å². The molecular formula is C19H33NO. The maximum absolute atomic E-state index is 11.8. The Morgan fingerprint density at radius 1 is 0.952 bits per heavy atom. The number of hydrogen-bond donors (Lipinski definition) is 1. The molecule has 21 heavy (non-hydrogen) atoms. The van der Waals surface area contributed by atoms with Crippen LogP contribution in [0.3, 0.4) is 0 Å². The molecule has 1 N–H and O–H groups in total. The van der Waals surface area contributed by atoms with Gasteiger partial charge in [-0.1, -0.05) is 82.4 Å². The molecule has 0 aromatic heterocycles. The first kappa shape index (κ1) is 18.0. The molecule has 0 saturated heterocycles.